The highest BCUT2D eigenvalue weighted by molar-refractivity contribution is 6.76. The normalized spacial score (nSPS) is 28.2. The van der Waals surface area contributed by atoms with E-state index in [1.54, 1.807) is 0 Å². The van der Waals surface area contributed by atoms with Gasteiger partial charge in [0.05, 0.1) is 12.7 Å². The first-order valence-electron chi connectivity index (χ1n) is 13.4. The Balaban J connectivity index is 1.30. The van der Waals surface area contributed by atoms with E-state index in [1.165, 1.54) is 36.6 Å². The lowest BCUT2D eigenvalue weighted by atomic mass is 9.82. The van der Waals surface area contributed by atoms with Gasteiger partial charge >= 0.3 is 0 Å². The Bertz CT molecular complexity index is 858. The van der Waals surface area contributed by atoms with Crippen LogP contribution in [0.4, 0.5) is 0 Å². The molecule has 0 radical (unpaired) electrons. The molecule has 5 nitrogen and oxygen atoms in total. The van der Waals surface area contributed by atoms with Crippen molar-refractivity contribution in [2.45, 2.75) is 95.4 Å². The number of nitrogens with zero attached hydrogens (tertiary/aromatic N) is 2. The van der Waals surface area contributed by atoms with Gasteiger partial charge in [0.2, 0.25) is 0 Å². The second-order valence-corrected chi connectivity index (χ2v) is 17.4. The molecule has 1 aromatic carbocycles. The van der Waals surface area contributed by atoms with E-state index in [4.69, 9.17) is 9.47 Å². The van der Waals surface area contributed by atoms with Crippen molar-refractivity contribution in [1.29, 1.82) is 0 Å². The van der Waals surface area contributed by atoms with Crippen molar-refractivity contribution in [1.82, 2.24) is 15.1 Å². The first kappa shape index (κ1) is 25.6. The topological polar surface area (TPSA) is 48.3 Å². The molecule has 3 atom stereocenters. The fraction of sp³-hybridized carbons (Fsp3) is 0.679. The maximum absolute atomic E-state index is 6.53. The molecule has 4 rings (SSSR count). The van der Waals surface area contributed by atoms with Crippen molar-refractivity contribution in [3.05, 3.63) is 53.9 Å². The van der Waals surface area contributed by atoms with Crippen molar-refractivity contribution in [2.24, 2.45) is 5.92 Å². The fourth-order valence-electron chi connectivity index (χ4n) is 5.50. The fourth-order valence-corrected chi connectivity index (χ4v) is 6.26. The molecule has 1 aliphatic heterocycles. The second kappa shape index (κ2) is 12.0. The van der Waals surface area contributed by atoms with E-state index in [0.29, 0.717) is 36.6 Å². The Hall–Kier alpha value is -1.47. The quantitative estimate of drug-likeness (QED) is 0.332. The highest BCUT2D eigenvalue weighted by atomic mass is 28.3. The molecule has 0 unspecified atom stereocenters. The van der Waals surface area contributed by atoms with E-state index in [-0.39, 0.29) is 0 Å². The molecule has 0 spiro atoms. The third-order valence-corrected chi connectivity index (χ3v) is 9.37. The summed E-state index contributed by atoms with van der Waals surface area (Å²) < 4.78 is 14.6. The maximum Gasteiger partial charge on any atom is 0.139 e. The van der Waals surface area contributed by atoms with Gasteiger partial charge in [-0.1, -0.05) is 56.9 Å². The van der Waals surface area contributed by atoms with E-state index in [9.17, 15) is 0 Å². The molecule has 188 valence electrons. The number of rotatable bonds is 10. The number of ether oxygens (including phenoxy) is 2. The number of hydrogen-bond donors (Lipinski definition) is 1. The molecule has 0 bridgehead atoms. The highest BCUT2D eigenvalue weighted by Gasteiger charge is 2.33. The Labute approximate surface area is 207 Å². The minimum atomic E-state index is -1.08. The van der Waals surface area contributed by atoms with Gasteiger partial charge in [-0.15, -0.1) is 0 Å². The molecule has 6 heteroatoms. The summed E-state index contributed by atoms with van der Waals surface area (Å²) >= 11 is 0. The van der Waals surface area contributed by atoms with Crippen molar-refractivity contribution in [2.75, 3.05) is 19.8 Å². The zero-order valence-corrected chi connectivity index (χ0v) is 22.7. The summed E-state index contributed by atoms with van der Waals surface area (Å²) in [6, 6.07) is 14.7. The molecule has 1 aromatic heterocycles. The predicted octanol–water partition coefficient (Wildman–Crippen LogP) is 6.02. The lowest BCUT2D eigenvalue weighted by molar-refractivity contribution is 0.00203. The average molecular weight is 484 g/mol. The molecule has 1 N–H and O–H groups in total. The summed E-state index contributed by atoms with van der Waals surface area (Å²) in [5, 5.41) is 8.40. The summed E-state index contributed by atoms with van der Waals surface area (Å²) in [4.78, 5) is 0. The molecule has 34 heavy (non-hydrogen) atoms. The summed E-state index contributed by atoms with van der Waals surface area (Å²) in [7, 11) is -1.08. The number of piperidine rings is 1. The Morgan fingerprint density at radius 2 is 1.82 bits per heavy atom. The van der Waals surface area contributed by atoms with E-state index in [1.807, 2.05) is 6.20 Å². The minimum Gasteiger partial charge on any atom is -0.377 e. The summed E-state index contributed by atoms with van der Waals surface area (Å²) in [5.74, 6) is 1.75. The van der Waals surface area contributed by atoms with E-state index >= 15 is 0 Å². The van der Waals surface area contributed by atoms with E-state index in [0.717, 1.165) is 32.6 Å². The monoisotopic (exact) mass is 483 g/mol. The van der Waals surface area contributed by atoms with Crippen molar-refractivity contribution >= 4 is 8.07 Å². The van der Waals surface area contributed by atoms with Crippen LogP contribution in [-0.4, -0.2) is 49.8 Å². The van der Waals surface area contributed by atoms with Gasteiger partial charge in [0, 0.05) is 38.5 Å². The van der Waals surface area contributed by atoms with Crippen LogP contribution in [0.25, 0.3) is 0 Å². The second-order valence-electron chi connectivity index (χ2n) is 11.8. The van der Waals surface area contributed by atoms with Gasteiger partial charge in [0.15, 0.2) is 0 Å². The average Bonchev–Trinajstić information content (AvgIpc) is 3.30. The van der Waals surface area contributed by atoms with Crippen LogP contribution in [0.2, 0.25) is 25.7 Å². The zero-order chi connectivity index (χ0) is 24.0. The summed E-state index contributed by atoms with van der Waals surface area (Å²) in [5.41, 5.74) is 2.78. The van der Waals surface area contributed by atoms with Crippen molar-refractivity contribution < 1.29 is 9.47 Å². The predicted molar refractivity (Wildman–Crippen MR) is 142 cm³/mol. The molecule has 2 aliphatic rings. The van der Waals surface area contributed by atoms with E-state index in [2.05, 4.69) is 78.1 Å². The first-order valence-corrected chi connectivity index (χ1v) is 17.1. The molecule has 2 fully saturated rings. The summed E-state index contributed by atoms with van der Waals surface area (Å²) in [6.07, 6.45) is 8.27. The van der Waals surface area contributed by atoms with Crippen LogP contribution in [0.15, 0.2) is 42.6 Å². The lowest BCUT2D eigenvalue weighted by Crippen LogP contribution is -2.47. The smallest absolute Gasteiger partial charge is 0.139 e. The SMILES string of the molecule is C[C@@H]1CN[C@@H](COC2CCC(c3ccccc3)CC2)[C@@H](c2ccnn2COCC[Si](C)(C)C)C1. The first-order chi connectivity index (χ1) is 16.4. The summed E-state index contributed by atoms with van der Waals surface area (Å²) in [6.45, 7) is 12.7. The van der Waals surface area contributed by atoms with Gasteiger partial charge in [0.1, 0.15) is 6.73 Å². The van der Waals surface area contributed by atoms with Crippen LogP contribution < -0.4 is 5.32 Å². The zero-order valence-electron chi connectivity index (χ0n) is 21.7. The number of benzene rings is 1. The largest absolute Gasteiger partial charge is 0.377 e. The van der Waals surface area contributed by atoms with Crippen LogP contribution in [0.5, 0.6) is 0 Å². The standard InChI is InChI=1S/C28H45N3O2Si/c1-22-18-26(28-14-15-30-31(28)21-32-16-17-34(2,3)4)27(29-19-22)20-33-25-12-10-24(11-13-25)23-8-6-5-7-9-23/h5-9,14-15,22,24-27,29H,10-13,16-21H2,1-4H3/t22-,24?,25?,26-,27-/m0/s1. The van der Waals surface area contributed by atoms with Crippen molar-refractivity contribution in [3.8, 4) is 0 Å². The van der Waals surface area contributed by atoms with Crippen LogP contribution in [0.3, 0.4) is 0 Å². The molecule has 1 aliphatic carbocycles. The molecule has 1 saturated carbocycles. The molecule has 2 heterocycles. The Morgan fingerprint density at radius 3 is 2.56 bits per heavy atom. The molecule has 1 saturated heterocycles. The number of nitrogens with one attached hydrogen (secondary N) is 1. The van der Waals surface area contributed by atoms with Crippen molar-refractivity contribution in [3.63, 3.8) is 0 Å². The molecule has 0 amide bonds. The van der Waals surface area contributed by atoms with Gasteiger partial charge in [-0.25, -0.2) is 4.68 Å². The Kier molecular flexibility index (Phi) is 9.02. The van der Waals surface area contributed by atoms with Gasteiger partial charge in [-0.2, -0.15) is 5.10 Å². The molecular weight excluding hydrogens is 438 g/mol. The van der Waals surface area contributed by atoms with Gasteiger partial charge in [-0.05, 0) is 68.2 Å². The Morgan fingerprint density at radius 1 is 1.06 bits per heavy atom. The lowest BCUT2D eigenvalue weighted by Gasteiger charge is -2.37. The number of aromatic nitrogens is 2. The van der Waals surface area contributed by atoms with Crippen LogP contribution in [0.1, 0.15) is 62.1 Å². The van der Waals surface area contributed by atoms with Crippen LogP contribution >= 0.6 is 0 Å². The highest BCUT2D eigenvalue weighted by Crippen LogP contribution is 2.35. The van der Waals surface area contributed by atoms with E-state index < -0.39 is 8.07 Å². The minimum absolute atomic E-state index is 0.334. The maximum atomic E-state index is 6.53. The van der Waals surface area contributed by atoms with Crippen LogP contribution in [-0.2, 0) is 16.2 Å². The van der Waals surface area contributed by atoms with Gasteiger partial charge in [0.25, 0.3) is 0 Å². The van der Waals surface area contributed by atoms with Gasteiger partial charge < -0.3 is 14.8 Å². The van der Waals surface area contributed by atoms with Gasteiger partial charge in [-0.3, -0.25) is 0 Å². The molecular formula is C28H45N3O2Si. The third-order valence-electron chi connectivity index (χ3n) is 7.67. The molecule has 2 aromatic rings. The third kappa shape index (κ3) is 7.26. The van der Waals surface area contributed by atoms with Crippen LogP contribution in [0, 0.1) is 5.92 Å². The number of hydrogen-bond acceptors (Lipinski definition) is 4.